The quantitative estimate of drug-likeness (QED) is 0.407. The van der Waals surface area contributed by atoms with Gasteiger partial charge in [0.2, 0.25) is 0 Å². The number of alkyl halides is 3. The van der Waals surface area contributed by atoms with Crippen LogP contribution in [0.3, 0.4) is 0 Å². The Morgan fingerprint density at radius 2 is 1.70 bits per heavy atom. The smallest absolute Gasteiger partial charge is 0.417 e. The first-order chi connectivity index (χ1) is 15.6. The van der Waals surface area contributed by atoms with E-state index in [2.05, 4.69) is 20.9 Å². The van der Waals surface area contributed by atoms with Gasteiger partial charge in [-0.1, -0.05) is 17.7 Å². The number of hydrogen-bond donors (Lipinski definition) is 3. The molecule has 3 amide bonds. The summed E-state index contributed by atoms with van der Waals surface area (Å²) < 4.78 is 58.8. The molecule has 0 fully saturated rings. The zero-order valence-electron chi connectivity index (χ0n) is 16.8. The first-order valence-corrected chi connectivity index (χ1v) is 9.55. The highest BCUT2D eigenvalue weighted by Crippen LogP contribution is 2.38. The number of pyridine rings is 1. The standard InChI is InChI=1S/C21H15ClF4N4O3/c1-27-19(31)17-10-12(7-8-28-17)33-11-5-6-15(14(23)9-11)29-20(32)30-16-4-2-3-13(18(16)22)21(24,25)26/h2-10H,1H3,(H,27,31)(H2,29,30,32). The van der Waals surface area contributed by atoms with Gasteiger partial charge >= 0.3 is 12.2 Å². The summed E-state index contributed by atoms with van der Waals surface area (Å²) in [5.41, 5.74) is -1.58. The summed E-state index contributed by atoms with van der Waals surface area (Å²) in [6, 6.07) is 8.34. The molecular formula is C21H15ClF4N4O3. The topological polar surface area (TPSA) is 92.4 Å². The number of carbonyl (C=O) groups is 2. The Bertz CT molecular complexity index is 1200. The van der Waals surface area contributed by atoms with Gasteiger partial charge in [-0.25, -0.2) is 9.18 Å². The molecular weight excluding hydrogens is 468 g/mol. The number of ether oxygens (including phenoxy) is 1. The van der Waals surface area contributed by atoms with Crippen molar-refractivity contribution in [1.29, 1.82) is 0 Å². The second-order valence-corrected chi connectivity index (χ2v) is 6.82. The maximum absolute atomic E-state index is 14.4. The number of amides is 3. The van der Waals surface area contributed by atoms with E-state index in [0.717, 1.165) is 18.2 Å². The van der Waals surface area contributed by atoms with E-state index in [9.17, 15) is 27.2 Å². The zero-order chi connectivity index (χ0) is 24.2. The van der Waals surface area contributed by atoms with Gasteiger partial charge in [-0.15, -0.1) is 0 Å². The molecule has 0 bridgehead atoms. The first-order valence-electron chi connectivity index (χ1n) is 9.17. The second kappa shape index (κ2) is 9.74. The van der Waals surface area contributed by atoms with Gasteiger partial charge in [0.1, 0.15) is 23.0 Å². The Morgan fingerprint density at radius 1 is 1.00 bits per heavy atom. The molecule has 1 aromatic heterocycles. The summed E-state index contributed by atoms with van der Waals surface area (Å²) in [5, 5.41) is 6.05. The maximum atomic E-state index is 14.4. The fraction of sp³-hybridized carbons (Fsp3) is 0.0952. The van der Waals surface area contributed by atoms with Crippen LogP contribution in [0.4, 0.5) is 33.7 Å². The minimum absolute atomic E-state index is 0.0634. The molecule has 3 aromatic rings. The lowest BCUT2D eigenvalue weighted by Crippen LogP contribution is -2.21. The van der Waals surface area contributed by atoms with Crippen molar-refractivity contribution in [3.05, 3.63) is 76.8 Å². The van der Waals surface area contributed by atoms with Crippen LogP contribution in [0.25, 0.3) is 0 Å². The van der Waals surface area contributed by atoms with Crippen LogP contribution in [-0.2, 0) is 6.18 Å². The molecule has 3 rings (SSSR count). The molecule has 33 heavy (non-hydrogen) atoms. The van der Waals surface area contributed by atoms with Gasteiger partial charge < -0.3 is 20.7 Å². The van der Waals surface area contributed by atoms with Gasteiger partial charge in [-0.2, -0.15) is 13.2 Å². The van der Waals surface area contributed by atoms with Crippen LogP contribution in [0, 0.1) is 5.82 Å². The zero-order valence-corrected chi connectivity index (χ0v) is 17.5. The van der Waals surface area contributed by atoms with Crippen molar-refractivity contribution in [2.45, 2.75) is 6.18 Å². The number of benzene rings is 2. The lowest BCUT2D eigenvalue weighted by Gasteiger charge is -2.14. The Hall–Kier alpha value is -3.86. The van der Waals surface area contributed by atoms with Crippen LogP contribution in [0.15, 0.2) is 54.7 Å². The molecule has 0 atom stereocenters. The van der Waals surface area contributed by atoms with E-state index in [1.807, 2.05) is 0 Å². The Morgan fingerprint density at radius 3 is 2.36 bits per heavy atom. The number of halogens is 5. The third-order valence-electron chi connectivity index (χ3n) is 4.17. The van der Waals surface area contributed by atoms with Crippen LogP contribution < -0.4 is 20.7 Å². The third kappa shape index (κ3) is 5.89. The van der Waals surface area contributed by atoms with Crippen molar-refractivity contribution in [2.75, 3.05) is 17.7 Å². The van der Waals surface area contributed by atoms with Crippen LogP contribution >= 0.6 is 11.6 Å². The molecule has 2 aromatic carbocycles. The lowest BCUT2D eigenvalue weighted by molar-refractivity contribution is -0.137. The van der Waals surface area contributed by atoms with Crippen molar-refractivity contribution in [1.82, 2.24) is 10.3 Å². The highest BCUT2D eigenvalue weighted by Gasteiger charge is 2.34. The molecule has 0 unspecified atom stereocenters. The molecule has 0 aliphatic rings. The monoisotopic (exact) mass is 482 g/mol. The summed E-state index contributed by atoms with van der Waals surface area (Å²) in [5.74, 6) is -1.02. The molecule has 0 spiro atoms. The van der Waals surface area contributed by atoms with Gasteiger partial charge in [0.15, 0.2) is 0 Å². The largest absolute Gasteiger partial charge is 0.457 e. The van der Waals surface area contributed by atoms with Crippen LogP contribution in [0.2, 0.25) is 5.02 Å². The molecule has 0 saturated heterocycles. The number of carbonyl (C=O) groups excluding carboxylic acids is 2. The van der Waals surface area contributed by atoms with Crippen LogP contribution in [-0.4, -0.2) is 24.0 Å². The predicted molar refractivity (Wildman–Crippen MR) is 113 cm³/mol. The summed E-state index contributed by atoms with van der Waals surface area (Å²) in [6.45, 7) is 0. The average molecular weight is 483 g/mol. The van der Waals surface area contributed by atoms with Gasteiger partial charge in [0.05, 0.1) is 22.0 Å². The number of anilines is 2. The highest BCUT2D eigenvalue weighted by atomic mass is 35.5. The average Bonchev–Trinajstić information content (AvgIpc) is 2.76. The normalized spacial score (nSPS) is 11.0. The molecule has 1 heterocycles. The van der Waals surface area contributed by atoms with Gasteiger partial charge in [-0.05, 0) is 30.3 Å². The molecule has 12 heteroatoms. The summed E-state index contributed by atoms with van der Waals surface area (Å²) in [6.07, 6.45) is -3.36. The second-order valence-electron chi connectivity index (χ2n) is 6.44. The Balaban J connectivity index is 1.70. The third-order valence-corrected chi connectivity index (χ3v) is 4.58. The van der Waals surface area contributed by atoms with Crippen molar-refractivity contribution >= 4 is 34.9 Å². The minimum atomic E-state index is -4.71. The molecule has 172 valence electrons. The number of aromatic nitrogens is 1. The number of urea groups is 1. The molecule has 0 aliphatic carbocycles. The molecule has 0 saturated carbocycles. The number of nitrogens with one attached hydrogen (secondary N) is 3. The highest BCUT2D eigenvalue weighted by molar-refractivity contribution is 6.34. The molecule has 0 radical (unpaired) electrons. The maximum Gasteiger partial charge on any atom is 0.417 e. The number of nitrogens with zero attached hydrogens (tertiary/aromatic N) is 1. The number of rotatable bonds is 5. The predicted octanol–water partition coefficient (Wildman–Crippen LogP) is 5.69. The summed E-state index contributed by atoms with van der Waals surface area (Å²) in [7, 11) is 1.44. The van der Waals surface area contributed by atoms with Crippen molar-refractivity contribution in [3.63, 3.8) is 0 Å². The molecule has 3 N–H and O–H groups in total. The van der Waals surface area contributed by atoms with E-state index in [4.69, 9.17) is 16.3 Å². The van der Waals surface area contributed by atoms with Gasteiger partial charge in [-0.3, -0.25) is 9.78 Å². The van der Waals surface area contributed by atoms with Crippen LogP contribution in [0.5, 0.6) is 11.5 Å². The fourth-order valence-electron chi connectivity index (χ4n) is 2.65. The fourth-order valence-corrected chi connectivity index (χ4v) is 2.93. The van der Waals surface area contributed by atoms with Gasteiger partial charge in [0, 0.05) is 25.4 Å². The Labute approximate surface area is 189 Å². The van der Waals surface area contributed by atoms with E-state index in [1.54, 1.807) is 0 Å². The van der Waals surface area contributed by atoms with E-state index in [1.165, 1.54) is 43.6 Å². The summed E-state index contributed by atoms with van der Waals surface area (Å²) in [4.78, 5) is 27.7. The van der Waals surface area contributed by atoms with Crippen LogP contribution in [0.1, 0.15) is 16.1 Å². The van der Waals surface area contributed by atoms with E-state index < -0.39 is 34.5 Å². The van der Waals surface area contributed by atoms with Gasteiger partial charge in [0.25, 0.3) is 5.91 Å². The van der Waals surface area contributed by atoms with Crippen molar-refractivity contribution < 1.29 is 31.9 Å². The van der Waals surface area contributed by atoms with E-state index in [-0.39, 0.29) is 28.6 Å². The minimum Gasteiger partial charge on any atom is -0.457 e. The van der Waals surface area contributed by atoms with Crippen molar-refractivity contribution in [2.24, 2.45) is 0 Å². The van der Waals surface area contributed by atoms with E-state index in [0.29, 0.717) is 0 Å². The molecule has 7 nitrogen and oxygen atoms in total. The summed E-state index contributed by atoms with van der Waals surface area (Å²) >= 11 is 5.73. The number of hydrogen-bond acceptors (Lipinski definition) is 4. The lowest BCUT2D eigenvalue weighted by atomic mass is 10.2. The molecule has 0 aliphatic heterocycles. The van der Waals surface area contributed by atoms with E-state index >= 15 is 0 Å². The Kier molecular flexibility index (Phi) is 7.02. The van der Waals surface area contributed by atoms with Crippen molar-refractivity contribution in [3.8, 4) is 11.5 Å². The SMILES string of the molecule is CNC(=O)c1cc(Oc2ccc(NC(=O)Nc3cccc(C(F)(F)F)c3Cl)c(F)c2)ccn1. The first kappa shape index (κ1) is 23.8.